The molecule has 1 heterocycles. The Labute approximate surface area is 186 Å². The molecular weight excluding hydrogens is 394 g/mol. The van der Waals surface area contributed by atoms with Crippen molar-refractivity contribution in [2.45, 2.75) is 51.5 Å². The first-order chi connectivity index (χ1) is 14.6. The smallest absolute Gasteiger partial charge is 0.220 e. The monoisotopic (exact) mass is 429 g/mol. The van der Waals surface area contributed by atoms with Gasteiger partial charge < -0.3 is 5.32 Å². The molecule has 1 aromatic carbocycles. The number of nitrogens with zero attached hydrogens (tertiary/aromatic N) is 2. The molecule has 1 saturated heterocycles. The average Bonchev–Trinajstić information content (AvgIpc) is 2.69. The molecule has 5 fully saturated rings. The molecule has 0 radical (unpaired) electrons. The first-order valence-corrected chi connectivity index (χ1v) is 12.4. The molecule has 4 saturated carbocycles. The van der Waals surface area contributed by atoms with E-state index in [1.54, 1.807) is 0 Å². The Bertz CT molecular complexity index is 723. The van der Waals surface area contributed by atoms with Gasteiger partial charge in [-0.15, -0.1) is 0 Å². The molecular formula is C25H36ClN3O. The number of carbonyl (C=O) groups excluding carboxylic acids is 1. The van der Waals surface area contributed by atoms with Crippen molar-refractivity contribution in [2.24, 2.45) is 23.2 Å². The van der Waals surface area contributed by atoms with Crippen LogP contribution in [0.1, 0.15) is 50.5 Å². The number of hydrogen-bond acceptors (Lipinski definition) is 3. The fourth-order valence-electron chi connectivity index (χ4n) is 7.30. The maximum absolute atomic E-state index is 12.7. The van der Waals surface area contributed by atoms with Crippen LogP contribution in [0.4, 0.5) is 0 Å². The van der Waals surface area contributed by atoms with Gasteiger partial charge in [0.1, 0.15) is 0 Å². The van der Waals surface area contributed by atoms with Gasteiger partial charge in [0.05, 0.1) is 0 Å². The van der Waals surface area contributed by atoms with E-state index in [1.807, 2.05) is 12.1 Å². The summed E-state index contributed by atoms with van der Waals surface area (Å²) in [5, 5.41) is 4.11. The Balaban J connectivity index is 1.01. The Hall–Kier alpha value is -1.10. The minimum absolute atomic E-state index is 0.300. The van der Waals surface area contributed by atoms with Crippen LogP contribution in [-0.4, -0.2) is 55.0 Å². The third kappa shape index (κ3) is 4.71. The molecule has 5 aliphatic rings. The molecule has 1 N–H and O–H groups in total. The van der Waals surface area contributed by atoms with E-state index in [1.165, 1.54) is 44.1 Å². The molecule has 0 spiro atoms. The van der Waals surface area contributed by atoms with Crippen molar-refractivity contribution in [2.75, 3.05) is 39.3 Å². The van der Waals surface area contributed by atoms with Gasteiger partial charge in [-0.3, -0.25) is 14.6 Å². The Morgan fingerprint density at radius 1 is 0.967 bits per heavy atom. The summed E-state index contributed by atoms with van der Waals surface area (Å²) >= 11 is 6.31. The number of nitrogens with one attached hydrogen (secondary N) is 1. The molecule has 1 aliphatic heterocycles. The topological polar surface area (TPSA) is 35.6 Å². The van der Waals surface area contributed by atoms with Crippen LogP contribution in [0.2, 0.25) is 5.02 Å². The van der Waals surface area contributed by atoms with Gasteiger partial charge in [-0.25, -0.2) is 0 Å². The lowest BCUT2D eigenvalue weighted by atomic mass is 9.49. The first-order valence-electron chi connectivity index (χ1n) is 12.0. The van der Waals surface area contributed by atoms with E-state index < -0.39 is 0 Å². The Morgan fingerprint density at radius 2 is 1.57 bits per heavy atom. The van der Waals surface area contributed by atoms with Gasteiger partial charge in [0.2, 0.25) is 5.91 Å². The highest BCUT2D eigenvalue weighted by atomic mass is 35.5. The summed E-state index contributed by atoms with van der Waals surface area (Å²) < 4.78 is 0. The number of benzene rings is 1. The van der Waals surface area contributed by atoms with Crippen LogP contribution >= 0.6 is 11.6 Å². The van der Waals surface area contributed by atoms with Gasteiger partial charge >= 0.3 is 0 Å². The van der Waals surface area contributed by atoms with Crippen molar-refractivity contribution < 1.29 is 4.79 Å². The van der Waals surface area contributed by atoms with E-state index in [2.05, 4.69) is 27.2 Å². The number of hydrogen-bond donors (Lipinski definition) is 1. The van der Waals surface area contributed by atoms with Gasteiger partial charge in [0.15, 0.2) is 0 Å². The minimum Gasteiger partial charge on any atom is -0.355 e. The zero-order valence-electron chi connectivity index (χ0n) is 18.1. The second kappa shape index (κ2) is 8.80. The molecule has 0 unspecified atom stereocenters. The van der Waals surface area contributed by atoms with Gasteiger partial charge in [-0.05, 0) is 73.3 Å². The SMILES string of the molecule is O=C(CC12CC3CC(CC(C3)C1)C2)NCCN1CCN(Cc2ccccc2Cl)CC1. The van der Waals surface area contributed by atoms with Gasteiger partial charge in [-0.2, -0.15) is 0 Å². The lowest BCUT2D eigenvalue weighted by Crippen LogP contribution is -2.49. The fourth-order valence-corrected chi connectivity index (χ4v) is 7.50. The average molecular weight is 430 g/mol. The normalized spacial score (nSPS) is 33.7. The fraction of sp³-hybridized carbons (Fsp3) is 0.720. The second-order valence-electron chi connectivity index (χ2n) is 10.7. The predicted octanol–water partition coefficient (Wildman–Crippen LogP) is 4.18. The van der Waals surface area contributed by atoms with Crippen molar-refractivity contribution in [3.8, 4) is 0 Å². The number of carbonyl (C=O) groups is 1. The Kier molecular flexibility index (Phi) is 6.10. The van der Waals surface area contributed by atoms with Gasteiger partial charge in [-0.1, -0.05) is 29.8 Å². The van der Waals surface area contributed by atoms with E-state index in [0.29, 0.717) is 11.3 Å². The van der Waals surface area contributed by atoms with Gasteiger partial charge in [0.25, 0.3) is 0 Å². The lowest BCUT2D eigenvalue weighted by molar-refractivity contribution is -0.129. The van der Waals surface area contributed by atoms with Crippen LogP contribution in [0.5, 0.6) is 0 Å². The zero-order valence-corrected chi connectivity index (χ0v) is 18.9. The van der Waals surface area contributed by atoms with Crippen LogP contribution in [-0.2, 0) is 11.3 Å². The highest BCUT2D eigenvalue weighted by Crippen LogP contribution is 2.61. The molecule has 164 valence electrons. The van der Waals surface area contributed by atoms with Crippen LogP contribution in [0.15, 0.2) is 24.3 Å². The number of amides is 1. The summed E-state index contributed by atoms with van der Waals surface area (Å²) in [6.07, 6.45) is 9.08. The first kappa shape index (κ1) is 20.8. The van der Waals surface area contributed by atoms with Crippen LogP contribution in [0.25, 0.3) is 0 Å². The molecule has 0 aromatic heterocycles. The van der Waals surface area contributed by atoms with Crippen molar-refractivity contribution in [1.82, 2.24) is 15.1 Å². The van der Waals surface area contributed by atoms with Crippen molar-refractivity contribution in [1.29, 1.82) is 0 Å². The molecule has 5 heteroatoms. The minimum atomic E-state index is 0.300. The maximum Gasteiger partial charge on any atom is 0.220 e. The molecule has 6 rings (SSSR count). The highest BCUT2D eigenvalue weighted by molar-refractivity contribution is 6.31. The van der Waals surface area contributed by atoms with Crippen molar-refractivity contribution in [3.63, 3.8) is 0 Å². The number of piperazine rings is 1. The Morgan fingerprint density at radius 3 is 2.20 bits per heavy atom. The molecule has 4 nitrogen and oxygen atoms in total. The van der Waals surface area contributed by atoms with Gasteiger partial charge in [0, 0.05) is 57.3 Å². The van der Waals surface area contributed by atoms with E-state index >= 15 is 0 Å². The standard InChI is InChI=1S/C25H36ClN3O/c26-23-4-2-1-3-22(23)18-29-9-7-28(8-10-29)6-5-27-24(30)17-25-14-19-11-20(15-25)13-21(12-19)16-25/h1-4,19-21H,5-18H2,(H,27,30). The molecule has 1 amide bonds. The lowest BCUT2D eigenvalue weighted by Gasteiger charge is -2.56. The summed E-state index contributed by atoms with van der Waals surface area (Å²) in [4.78, 5) is 17.7. The summed E-state index contributed by atoms with van der Waals surface area (Å²) in [5.41, 5.74) is 1.56. The highest BCUT2D eigenvalue weighted by Gasteiger charge is 2.51. The van der Waals surface area contributed by atoms with Crippen LogP contribution < -0.4 is 5.32 Å². The summed E-state index contributed by atoms with van der Waals surface area (Å²) in [6.45, 7) is 6.93. The van der Waals surface area contributed by atoms with E-state index in [0.717, 1.165) is 75.0 Å². The third-order valence-corrected chi connectivity index (χ3v) is 8.64. The predicted molar refractivity (Wildman–Crippen MR) is 121 cm³/mol. The summed E-state index contributed by atoms with van der Waals surface area (Å²) in [6, 6.07) is 8.14. The largest absolute Gasteiger partial charge is 0.355 e. The second-order valence-corrected chi connectivity index (χ2v) is 11.1. The summed E-state index contributed by atoms with van der Waals surface area (Å²) in [7, 11) is 0. The molecule has 4 bridgehead atoms. The van der Waals surface area contributed by atoms with Crippen LogP contribution in [0.3, 0.4) is 0 Å². The maximum atomic E-state index is 12.7. The van der Waals surface area contributed by atoms with E-state index in [4.69, 9.17) is 11.6 Å². The van der Waals surface area contributed by atoms with Crippen molar-refractivity contribution >= 4 is 17.5 Å². The third-order valence-electron chi connectivity index (χ3n) is 8.27. The summed E-state index contributed by atoms with van der Waals surface area (Å²) in [5.74, 6) is 3.07. The molecule has 1 aromatic rings. The van der Waals surface area contributed by atoms with E-state index in [-0.39, 0.29) is 0 Å². The zero-order chi connectivity index (χ0) is 20.6. The number of rotatable bonds is 7. The van der Waals surface area contributed by atoms with E-state index in [9.17, 15) is 4.79 Å². The molecule has 30 heavy (non-hydrogen) atoms. The van der Waals surface area contributed by atoms with Crippen molar-refractivity contribution in [3.05, 3.63) is 34.9 Å². The quantitative estimate of drug-likeness (QED) is 0.706. The molecule has 0 atom stereocenters. The molecule has 4 aliphatic carbocycles. The van der Waals surface area contributed by atoms with Crippen LogP contribution in [0, 0.1) is 23.2 Å². The number of halogens is 1.